The van der Waals surface area contributed by atoms with Gasteiger partial charge in [0, 0.05) is 36.2 Å². The molecule has 0 amide bonds. The average Bonchev–Trinajstić information content (AvgIpc) is 2.43. The fraction of sp³-hybridized carbons (Fsp3) is 0.500. The first-order chi connectivity index (χ1) is 9.15. The summed E-state index contributed by atoms with van der Waals surface area (Å²) in [5, 5.41) is 9.52. The Bertz CT molecular complexity index is 478. The SMILES string of the molecule is COc1ccc(Br)c(C(C#N)N2CCN(C)CC2)c1. The summed E-state index contributed by atoms with van der Waals surface area (Å²) in [4.78, 5) is 4.51. The van der Waals surface area contributed by atoms with Crippen LogP contribution in [-0.4, -0.2) is 50.1 Å². The van der Waals surface area contributed by atoms with Crippen LogP contribution >= 0.6 is 15.9 Å². The lowest BCUT2D eigenvalue weighted by Crippen LogP contribution is -2.45. The van der Waals surface area contributed by atoms with E-state index in [2.05, 4.69) is 38.8 Å². The number of likely N-dealkylation sites (N-methyl/N-ethyl adjacent to an activating group) is 1. The number of rotatable bonds is 3. The molecule has 0 spiro atoms. The number of methoxy groups -OCH3 is 1. The summed E-state index contributed by atoms with van der Waals surface area (Å²) in [5.41, 5.74) is 0.978. The molecule has 1 aromatic rings. The van der Waals surface area contributed by atoms with Crippen molar-refractivity contribution in [2.45, 2.75) is 6.04 Å². The van der Waals surface area contributed by atoms with Gasteiger partial charge in [-0.1, -0.05) is 15.9 Å². The summed E-state index contributed by atoms with van der Waals surface area (Å²) in [6.07, 6.45) is 0. The maximum Gasteiger partial charge on any atom is 0.125 e. The Balaban J connectivity index is 2.24. The minimum absolute atomic E-state index is 0.224. The molecule has 0 N–H and O–H groups in total. The number of hydrogen-bond acceptors (Lipinski definition) is 4. The van der Waals surface area contributed by atoms with Gasteiger partial charge in [-0.15, -0.1) is 0 Å². The molecule has 0 aliphatic carbocycles. The molecule has 1 unspecified atom stereocenters. The van der Waals surface area contributed by atoms with Crippen molar-refractivity contribution >= 4 is 15.9 Å². The van der Waals surface area contributed by atoms with E-state index in [1.807, 2.05) is 18.2 Å². The van der Waals surface area contributed by atoms with E-state index in [0.29, 0.717) is 0 Å². The predicted molar refractivity (Wildman–Crippen MR) is 78.1 cm³/mol. The van der Waals surface area contributed by atoms with Crippen LogP contribution in [0.3, 0.4) is 0 Å². The molecule has 5 heteroatoms. The van der Waals surface area contributed by atoms with Gasteiger partial charge in [-0.05, 0) is 25.2 Å². The molecule has 102 valence electrons. The number of hydrogen-bond donors (Lipinski definition) is 0. The Morgan fingerprint density at radius 1 is 1.32 bits per heavy atom. The third-order valence-corrected chi connectivity index (χ3v) is 4.25. The Kier molecular flexibility index (Phi) is 4.81. The van der Waals surface area contributed by atoms with Crippen LogP contribution in [0.5, 0.6) is 5.75 Å². The average molecular weight is 324 g/mol. The van der Waals surface area contributed by atoms with Crippen molar-refractivity contribution in [1.29, 1.82) is 5.26 Å². The van der Waals surface area contributed by atoms with Gasteiger partial charge >= 0.3 is 0 Å². The number of halogens is 1. The van der Waals surface area contributed by atoms with Gasteiger partial charge in [0.2, 0.25) is 0 Å². The van der Waals surface area contributed by atoms with Crippen LogP contribution in [0.15, 0.2) is 22.7 Å². The van der Waals surface area contributed by atoms with Crippen molar-refractivity contribution in [3.8, 4) is 11.8 Å². The summed E-state index contributed by atoms with van der Waals surface area (Å²) in [7, 11) is 3.75. The highest BCUT2D eigenvalue weighted by Gasteiger charge is 2.25. The third kappa shape index (κ3) is 3.27. The van der Waals surface area contributed by atoms with Crippen LogP contribution in [0, 0.1) is 11.3 Å². The van der Waals surface area contributed by atoms with Crippen molar-refractivity contribution in [1.82, 2.24) is 9.80 Å². The largest absolute Gasteiger partial charge is 0.497 e. The van der Waals surface area contributed by atoms with Crippen LogP contribution in [0.25, 0.3) is 0 Å². The van der Waals surface area contributed by atoms with Crippen molar-refractivity contribution in [2.24, 2.45) is 0 Å². The topological polar surface area (TPSA) is 39.5 Å². The first-order valence-corrected chi connectivity index (χ1v) is 7.10. The minimum Gasteiger partial charge on any atom is -0.497 e. The molecule has 1 aromatic carbocycles. The van der Waals surface area contributed by atoms with E-state index in [-0.39, 0.29) is 6.04 Å². The number of piperazine rings is 1. The van der Waals surface area contributed by atoms with E-state index < -0.39 is 0 Å². The molecule has 0 aromatic heterocycles. The molecule has 1 fully saturated rings. The molecule has 4 nitrogen and oxygen atoms in total. The van der Waals surface area contributed by atoms with Gasteiger partial charge in [-0.3, -0.25) is 4.90 Å². The van der Waals surface area contributed by atoms with Crippen molar-refractivity contribution < 1.29 is 4.74 Å². The first-order valence-electron chi connectivity index (χ1n) is 6.31. The Labute approximate surface area is 122 Å². The number of ether oxygens (including phenoxy) is 1. The first kappa shape index (κ1) is 14.3. The fourth-order valence-electron chi connectivity index (χ4n) is 2.29. The molecule has 1 atom stereocenters. The highest BCUT2D eigenvalue weighted by Crippen LogP contribution is 2.31. The monoisotopic (exact) mass is 323 g/mol. The summed E-state index contributed by atoms with van der Waals surface area (Å²) < 4.78 is 6.21. The van der Waals surface area contributed by atoms with Gasteiger partial charge in [-0.2, -0.15) is 5.26 Å². The van der Waals surface area contributed by atoms with E-state index >= 15 is 0 Å². The molecule has 0 radical (unpaired) electrons. The van der Waals surface area contributed by atoms with Crippen LogP contribution in [0.4, 0.5) is 0 Å². The highest BCUT2D eigenvalue weighted by atomic mass is 79.9. The molecule has 1 aliphatic rings. The van der Waals surface area contributed by atoms with Crippen LogP contribution in [-0.2, 0) is 0 Å². The van der Waals surface area contributed by atoms with Gasteiger partial charge < -0.3 is 9.64 Å². The normalized spacial score (nSPS) is 18.8. The number of benzene rings is 1. The van der Waals surface area contributed by atoms with Gasteiger partial charge in [0.1, 0.15) is 11.8 Å². The van der Waals surface area contributed by atoms with Gasteiger partial charge in [0.25, 0.3) is 0 Å². The maximum atomic E-state index is 9.52. The maximum absolute atomic E-state index is 9.52. The van der Waals surface area contributed by atoms with Gasteiger partial charge in [-0.25, -0.2) is 0 Å². The second-order valence-corrected chi connectivity index (χ2v) is 5.61. The standard InChI is InChI=1S/C14H18BrN3O/c1-17-5-7-18(8-6-17)14(10-16)12-9-11(19-2)3-4-13(12)15/h3-4,9,14H,5-8H2,1-2H3. The van der Waals surface area contributed by atoms with Crippen LogP contribution in [0.1, 0.15) is 11.6 Å². The van der Waals surface area contributed by atoms with Crippen LogP contribution < -0.4 is 4.74 Å². The summed E-state index contributed by atoms with van der Waals surface area (Å²) in [6.45, 7) is 3.83. The smallest absolute Gasteiger partial charge is 0.125 e. The third-order valence-electron chi connectivity index (χ3n) is 3.52. The molecule has 0 saturated carbocycles. The Morgan fingerprint density at radius 2 is 2.00 bits per heavy atom. The predicted octanol–water partition coefficient (Wildman–Crippen LogP) is 2.27. The fourth-order valence-corrected chi connectivity index (χ4v) is 2.75. The number of nitrogens with zero attached hydrogens (tertiary/aromatic N) is 3. The summed E-state index contributed by atoms with van der Waals surface area (Å²) in [5.74, 6) is 0.785. The van der Waals surface area contributed by atoms with E-state index in [1.54, 1.807) is 7.11 Å². The Hall–Kier alpha value is -1.09. The van der Waals surface area contributed by atoms with E-state index in [1.165, 1.54) is 0 Å². The van der Waals surface area contributed by atoms with Gasteiger partial charge in [0.05, 0.1) is 13.2 Å². The number of nitriles is 1. The Morgan fingerprint density at radius 3 is 2.58 bits per heavy atom. The van der Waals surface area contributed by atoms with Gasteiger partial charge in [0.15, 0.2) is 0 Å². The quantitative estimate of drug-likeness (QED) is 0.855. The molecule has 1 saturated heterocycles. The second-order valence-electron chi connectivity index (χ2n) is 4.76. The molecular formula is C14H18BrN3O. The lowest BCUT2D eigenvalue weighted by atomic mass is 10.1. The van der Waals surface area contributed by atoms with E-state index in [4.69, 9.17) is 4.74 Å². The second kappa shape index (κ2) is 6.38. The highest BCUT2D eigenvalue weighted by molar-refractivity contribution is 9.10. The molecular weight excluding hydrogens is 306 g/mol. The molecule has 19 heavy (non-hydrogen) atoms. The lowest BCUT2D eigenvalue weighted by Gasteiger charge is -2.35. The van der Waals surface area contributed by atoms with Crippen molar-refractivity contribution in [2.75, 3.05) is 40.3 Å². The molecule has 1 aliphatic heterocycles. The molecule has 0 bridgehead atoms. The zero-order chi connectivity index (χ0) is 13.8. The lowest BCUT2D eigenvalue weighted by molar-refractivity contribution is 0.132. The van der Waals surface area contributed by atoms with E-state index in [9.17, 15) is 5.26 Å². The summed E-state index contributed by atoms with van der Waals surface area (Å²) >= 11 is 3.54. The summed E-state index contributed by atoms with van der Waals surface area (Å²) in [6, 6.07) is 7.97. The molecule has 2 rings (SSSR count). The van der Waals surface area contributed by atoms with E-state index in [0.717, 1.165) is 42.0 Å². The zero-order valence-corrected chi connectivity index (χ0v) is 12.9. The molecule has 1 heterocycles. The minimum atomic E-state index is -0.224. The van der Waals surface area contributed by atoms with Crippen molar-refractivity contribution in [3.63, 3.8) is 0 Å². The van der Waals surface area contributed by atoms with Crippen molar-refractivity contribution in [3.05, 3.63) is 28.2 Å². The van der Waals surface area contributed by atoms with Crippen LogP contribution in [0.2, 0.25) is 0 Å². The zero-order valence-electron chi connectivity index (χ0n) is 11.3.